The Kier molecular flexibility index (Phi) is 2.22. The van der Waals surface area contributed by atoms with Crippen molar-refractivity contribution >= 4 is 15.4 Å². The lowest BCUT2D eigenvalue weighted by Gasteiger charge is -2.02. The molecule has 0 radical (unpaired) electrons. The molecule has 1 heterocycles. The molecule has 10 heavy (non-hydrogen) atoms. The van der Waals surface area contributed by atoms with Crippen LogP contribution < -0.4 is 5.19 Å². The van der Waals surface area contributed by atoms with Gasteiger partial charge in [-0.1, -0.05) is 25.1 Å². The maximum atomic E-state index is 4.31. The summed E-state index contributed by atoms with van der Waals surface area (Å²) in [5.74, 6) is 0.558. The third-order valence-corrected chi connectivity index (χ3v) is 2.12. The van der Waals surface area contributed by atoms with Gasteiger partial charge in [-0.25, -0.2) is 0 Å². The van der Waals surface area contributed by atoms with Crippen molar-refractivity contribution in [3.05, 3.63) is 24.0 Å². The Morgan fingerprint density at radius 2 is 2.10 bits per heavy atom. The van der Waals surface area contributed by atoms with Crippen molar-refractivity contribution in [3.63, 3.8) is 0 Å². The molecule has 0 atom stereocenters. The van der Waals surface area contributed by atoms with E-state index in [-0.39, 0.29) is 0 Å². The molecule has 0 saturated heterocycles. The van der Waals surface area contributed by atoms with Gasteiger partial charge >= 0.3 is 0 Å². The Morgan fingerprint density at radius 3 is 2.50 bits per heavy atom. The molecule has 1 aromatic heterocycles. The van der Waals surface area contributed by atoms with Crippen molar-refractivity contribution in [1.82, 2.24) is 4.98 Å². The highest BCUT2D eigenvalue weighted by molar-refractivity contribution is 6.31. The van der Waals surface area contributed by atoms with Gasteiger partial charge in [-0.05, 0) is 12.0 Å². The first-order valence-electron chi connectivity index (χ1n) is 3.62. The maximum absolute atomic E-state index is 4.31. The molecule has 0 spiro atoms. The van der Waals surface area contributed by atoms with Crippen molar-refractivity contribution in [2.75, 3.05) is 0 Å². The van der Waals surface area contributed by atoms with Crippen LogP contribution in [0, 0.1) is 0 Å². The maximum Gasteiger partial charge on any atom is 0.0428 e. The Bertz CT molecular complexity index is 203. The monoisotopic (exact) mass is 151 g/mol. The van der Waals surface area contributed by atoms with Gasteiger partial charge in [-0.3, -0.25) is 4.98 Å². The first-order chi connectivity index (χ1) is 4.70. The van der Waals surface area contributed by atoms with E-state index in [1.165, 1.54) is 10.9 Å². The molecule has 0 N–H and O–H groups in total. The van der Waals surface area contributed by atoms with Gasteiger partial charge in [-0.2, -0.15) is 0 Å². The lowest BCUT2D eigenvalue weighted by molar-refractivity contribution is 0.824. The van der Waals surface area contributed by atoms with Crippen LogP contribution in [0.1, 0.15) is 25.5 Å². The lowest BCUT2D eigenvalue weighted by Crippen LogP contribution is -2.04. The molecule has 0 aliphatic carbocycles. The van der Waals surface area contributed by atoms with Gasteiger partial charge in [0.25, 0.3) is 0 Å². The highest BCUT2D eigenvalue weighted by Crippen LogP contribution is 2.07. The molecule has 54 valence electrons. The highest BCUT2D eigenvalue weighted by atomic mass is 28.1. The first kappa shape index (κ1) is 7.47. The van der Waals surface area contributed by atoms with Crippen molar-refractivity contribution < 1.29 is 0 Å². The summed E-state index contributed by atoms with van der Waals surface area (Å²) < 4.78 is 0. The van der Waals surface area contributed by atoms with Gasteiger partial charge < -0.3 is 0 Å². The average Bonchev–Trinajstić information content (AvgIpc) is 1.88. The number of aromatic nitrogens is 1. The Labute approximate surface area is 64.9 Å². The van der Waals surface area contributed by atoms with Crippen LogP contribution >= 0.6 is 0 Å². The van der Waals surface area contributed by atoms with Crippen LogP contribution in [0.4, 0.5) is 0 Å². The van der Waals surface area contributed by atoms with Crippen molar-refractivity contribution in [2.45, 2.75) is 19.8 Å². The minimum atomic E-state index is 0.558. The molecule has 1 aromatic rings. The fourth-order valence-corrected chi connectivity index (χ4v) is 1.12. The van der Waals surface area contributed by atoms with E-state index < -0.39 is 0 Å². The van der Waals surface area contributed by atoms with Gasteiger partial charge in [-0.15, -0.1) is 0 Å². The van der Waals surface area contributed by atoms with Crippen molar-refractivity contribution in [1.29, 1.82) is 0 Å². The Hall–Kier alpha value is -0.633. The minimum absolute atomic E-state index is 0.558. The normalized spacial score (nSPS) is 10.7. The van der Waals surface area contributed by atoms with E-state index in [0.717, 1.165) is 10.2 Å². The lowest BCUT2D eigenvalue weighted by atomic mass is 10.1. The summed E-state index contributed by atoms with van der Waals surface area (Å²) >= 11 is 0. The second-order valence-electron chi connectivity index (χ2n) is 2.92. The fraction of sp³-hybridized carbons (Fsp3) is 0.375. The number of pyridine rings is 1. The summed E-state index contributed by atoms with van der Waals surface area (Å²) in [5, 5.41) is 1.37. The van der Waals surface area contributed by atoms with Gasteiger partial charge in [0, 0.05) is 22.1 Å². The zero-order chi connectivity index (χ0) is 7.56. The molecule has 0 fully saturated rings. The zero-order valence-electron chi connectivity index (χ0n) is 6.76. The summed E-state index contributed by atoms with van der Waals surface area (Å²) in [6, 6.07) is 4.28. The van der Waals surface area contributed by atoms with Crippen LogP contribution in [-0.2, 0) is 0 Å². The molecule has 2 heteroatoms. The SMILES string of the molecule is CC(C)c1ccc([SiH3])cn1. The van der Waals surface area contributed by atoms with Gasteiger partial charge in [0.1, 0.15) is 0 Å². The molecule has 0 aliphatic rings. The number of hydrogen-bond donors (Lipinski definition) is 0. The third-order valence-electron chi connectivity index (χ3n) is 1.53. The highest BCUT2D eigenvalue weighted by Gasteiger charge is 1.97. The fourth-order valence-electron chi connectivity index (χ4n) is 0.821. The Balaban J connectivity index is 2.89. The van der Waals surface area contributed by atoms with Crippen LogP contribution in [0.5, 0.6) is 0 Å². The molecule has 0 saturated carbocycles. The average molecular weight is 151 g/mol. The van der Waals surface area contributed by atoms with Crippen molar-refractivity contribution in [3.8, 4) is 0 Å². The van der Waals surface area contributed by atoms with Gasteiger partial charge in [0.15, 0.2) is 0 Å². The number of nitrogens with zero attached hydrogens (tertiary/aromatic N) is 1. The molecule has 0 bridgehead atoms. The summed E-state index contributed by atoms with van der Waals surface area (Å²) in [7, 11) is 1.11. The van der Waals surface area contributed by atoms with E-state index in [1.54, 1.807) is 0 Å². The second-order valence-corrected chi connectivity index (χ2v) is 4.07. The molecule has 0 aromatic carbocycles. The van der Waals surface area contributed by atoms with Crippen LogP contribution in [0.2, 0.25) is 0 Å². The number of rotatable bonds is 1. The van der Waals surface area contributed by atoms with Crippen LogP contribution in [-0.4, -0.2) is 15.2 Å². The van der Waals surface area contributed by atoms with Gasteiger partial charge in [0.05, 0.1) is 0 Å². The summed E-state index contributed by atoms with van der Waals surface area (Å²) in [6.45, 7) is 4.32. The second kappa shape index (κ2) is 2.97. The van der Waals surface area contributed by atoms with E-state index in [9.17, 15) is 0 Å². The predicted molar refractivity (Wildman–Crippen MR) is 47.9 cm³/mol. The van der Waals surface area contributed by atoms with E-state index in [4.69, 9.17) is 0 Å². The summed E-state index contributed by atoms with van der Waals surface area (Å²) in [6.07, 6.45) is 1.97. The van der Waals surface area contributed by atoms with E-state index >= 15 is 0 Å². The molecule has 1 rings (SSSR count). The van der Waals surface area contributed by atoms with Crippen molar-refractivity contribution in [2.24, 2.45) is 0 Å². The standard InChI is InChI=1S/C8H13NSi/c1-6(2)8-4-3-7(10)5-9-8/h3-6H,1-2,10H3. The number of hydrogen-bond acceptors (Lipinski definition) is 1. The Morgan fingerprint density at radius 1 is 1.40 bits per heavy atom. The smallest absolute Gasteiger partial charge is 0.0428 e. The predicted octanol–water partition coefficient (Wildman–Crippen LogP) is 0.196. The first-order valence-corrected chi connectivity index (χ1v) is 4.62. The topological polar surface area (TPSA) is 12.9 Å². The quantitative estimate of drug-likeness (QED) is 0.522. The van der Waals surface area contributed by atoms with E-state index in [1.807, 2.05) is 6.20 Å². The molecular formula is C8H13NSi. The summed E-state index contributed by atoms with van der Waals surface area (Å²) in [4.78, 5) is 4.31. The molecule has 0 aliphatic heterocycles. The molecular weight excluding hydrogens is 138 g/mol. The minimum Gasteiger partial charge on any atom is -0.261 e. The van der Waals surface area contributed by atoms with Gasteiger partial charge in [0.2, 0.25) is 0 Å². The van der Waals surface area contributed by atoms with E-state index in [0.29, 0.717) is 5.92 Å². The van der Waals surface area contributed by atoms with Crippen LogP contribution in [0.25, 0.3) is 0 Å². The molecule has 0 unspecified atom stereocenters. The summed E-state index contributed by atoms with van der Waals surface area (Å²) in [5.41, 5.74) is 1.19. The third kappa shape index (κ3) is 1.67. The molecule has 0 amide bonds. The zero-order valence-corrected chi connectivity index (χ0v) is 8.76. The largest absolute Gasteiger partial charge is 0.261 e. The van der Waals surface area contributed by atoms with Crippen LogP contribution in [0.15, 0.2) is 18.3 Å². The van der Waals surface area contributed by atoms with E-state index in [2.05, 4.69) is 31.0 Å². The molecule has 1 nitrogen and oxygen atoms in total. The van der Waals surface area contributed by atoms with Crippen LogP contribution in [0.3, 0.4) is 0 Å².